The van der Waals surface area contributed by atoms with Crippen molar-refractivity contribution in [3.63, 3.8) is 0 Å². The van der Waals surface area contributed by atoms with E-state index < -0.39 is 0 Å². The molecule has 5 nitrogen and oxygen atoms in total. The zero-order valence-corrected chi connectivity index (χ0v) is 13.5. The van der Waals surface area contributed by atoms with Gasteiger partial charge < -0.3 is 9.42 Å². The number of benzene rings is 1. The van der Waals surface area contributed by atoms with Gasteiger partial charge in [0.15, 0.2) is 0 Å². The smallest absolute Gasteiger partial charge is 0.232 e. The Morgan fingerprint density at radius 1 is 1.33 bits per heavy atom. The third kappa shape index (κ3) is 2.94. The molecule has 0 spiro atoms. The largest absolute Gasteiger partial charge is 0.339 e. The highest BCUT2D eigenvalue weighted by atomic mass is 32.1. The summed E-state index contributed by atoms with van der Waals surface area (Å²) in [5.74, 6) is 0.630. The molecule has 122 valence electrons. The van der Waals surface area contributed by atoms with Crippen LogP contribution in [0, 0.1) is 5.82 Å². The molecule has 2 aromatic heterocycles. The summed E-state index contributed by atoms with van der Waals surface area (Å²) < 4.78 is 18.6. The SMILES string of the molecule is O=C1C[C@@H](c2nc(-c3cccs3)no2)CN1Cc1cccc(F)c1. The normalized spacial score (nSPS) is 17.6. The minimum absolute atomic E-state index is 0.0140. The molecule has 1 fully saturated rings. The van der Waals surface area contributed by atoms with E-state index in [4.69, 9.17) is 4.52 Å². The van der Waals surface area contributed by atoms with Gasteiger partial charge in [-0.3, -0.25) is 4.79 Å². The molecule has 7 heteroatoms. The Morgan fingerprint density at radius 3 is 3.04 bits per heavy atom. The third-order valence-corrected chi connectivity index (χ3v) is 4.88. The first-order valence-corrected chi connectivity index (χ1v) is 8.47. The first-order chi connectivity index (χ1) is 11.7. The van der Waals surface area contributed by atoms with E-state index in [9.17, 15) is 9.18 Å². The molecule has 0 N–H and O–H groups in total. The van der Waals surface area contributed by atoms with Crippen LogP contribution in [-0.4, -0.2) is 27.5 Å². The van der Waals surface area contributed by atoms with Gasteiger partial charge in [0.2, 0.25) is 17.6 Å². The van der Waals surface area contributed by atoms with Crippen LogP contribution >= 0.6 is 11.3 Å². The predicted molar refractivity (Wildman–Crippen MR) is 86.8 cm³/mol. The lowest BCUT2D eigenvalue weighted by Crippen LogP contribution is -2.24. The van der Waals surface area contributed by atoms with Crippen molar-refractivity contribution >= 4 is 17.2 Å². The highest BCUT2D eigenvalue weighted by Gasteiger charge is 2.34. The predicted octanol–water partition coefficient (Wildman–Crippen LogP) is 3.45. The van der Waals surface area contributed by atoms with Gasteiger partial charge in [0.05, 0.1) is 10.8 Å². The lowest BCUT2D eigenvalue weighted by atomic mass is 10.1. The number of likely N-dealkylation sites (tertiary alicyclic amines) is 1. The number of nitrogens with zero attached hydrogens (tertiary/aromatic N) is 3. The average molecular weight is 343 g/mol. The van der Waals surface area contributed by atoms with Crippen LogP contribution in [0.25, 0.3) is 10.7 Å². The number of hydrogen-bond acceptors (Lipinski definition) is 5. The highest BCUT2D eigenvalue weighted by molar-refractivity contribution is 7.13. The van der Waals surface area contributed by atoms with Gasteiger partial charge in [0, 0.05) is 19.5 Å². The molecule has 0 radical (unpaired) electrons. The van der Waals surface area contributed by atoms with Crippen molar-refractivity contribution in [3.8, 4) is 10.7 Å². The molecule has 1 aliphatic rings. The topological polar surface area (TPSA) is 59.2 Å². The molecule has 0 saturated carbocycles. The number of amides is 1. The summed E-state index contributed by atoms with van der Waals surface area (Å²) in [4.78, 5) is 19.3. The maximum absolute atomic E-state index is 13.3. The Hall–Kier alpha value is -2.54. The molecule has 0 unspecified atom stereocenters. The lowest BCUT2D eigenvalue weighted by Gasteiger charge is -2.16. The molecule has 1 saturated heterocycles. The molecule has 24 heavy (non-hydrogen) atoms. The Kier molecular flexibility index (Phi) is 3.86. The van der Waals surface area contributed by atoms with Gasteiger partial charge in [0.25, 0.3) is 0 Å². The fourth-order valence-electron chi connectivity index (χ4n) is 2.85. The second-order valence-electron chi connectivity index (χ2n) is 5.74. The van der Waals surface area contributed by atoms with Crippen LogP contribution in [-0.2, 0) is 11.3 Å². The van der Waals surface area contributed by atoms with Gasteiger partial charge in [-0.05, 0) is 29.1 Å². The van der Waals surface area contributed by atoms with Crippen LogP contribution < -0.4 is 0 Å². The van der Waals surface area contributed by atoms with E-state index in [1.54, 1.807) is 11.0 Å². The standard InChI is InChI=1S/C17H14FN3O2S/c18-13-4-1-3-11(7-13)9-21-10-12(8-15(21)22)17-19-16(20-23-17)14-5-2-6-24-14/h1-7,12H,8-10H2/t12-/m1/s1. The second kappa shape index (κ2) is 6.16. The van der Waals surface area contributed by atoms with Crippen molar-refractivity contribution in [2.24, 2.45) is 0 Å². The number of halogens is 1. The minimum atomic E-state index is -0.298. The zero-order chi connectivity index (χ0) is 16.5. The number of aromatic nitrogens is 2. The zero-order valence-electron chi connectivity index (χ0n) is 12.7. The van der Waals surface area contributed by atoms with E-state index in [1.807, 2.05) is 23.6 Å². The quantitative estimate of drug-likeness (QED) is 0.728. The second-order valence-corrected chi connectivity index (χ2v) is 6.69. The Bertz CT molecular complexity index is 862. The summed E-state index contributed by atoms with van der Waals surface area (Å²) in [6.07, 6.45) is 0.335. The summed E-state index contributed by atoms with van der Waals surface area (Å²) in [5.41, 5.74) is 0.772. The van der Waals surface area contributed by atoms with Gasteiger partial charge in [-0.25, -0.2) is 4.39 Å². The molecular formula is C17H14FN3O2S. The molecule has 1 atom stereocenters. The first kappa shape index (κ1) is 15.0. The van der Waals surface area contributed by atoms with E-state index in [0.29, 0.717) is 31.2 Å². The summed E-state index contributed by atoms with van der Waals surface area (Å²) in [6, 6.07) is 10.1. The van der Waals surface area contributed by atoms with Gasteiger partial charge in [-0.2, -0.15) is 4.98 Å². The van der Waals surface area contributed by atoms with Crippen molar-refractivity contribution < 1.29 is 13.7 Å². The molecule has 0 bridgehead atoms. The van der Waals surface area contributed by atoms with Crippen molar-refractivity contribution in [1.82, 2.24) is 15.0 Å². The highest BCUT2D eigenvalue weighted by Crippen LogP contribution is 2.30. The molecular weight excluding hydrogens is 329 g/mol. The van der Waals surface area contributed by atoms with E-state index in [0.717, 1.165) is 10.4 Å². The molecule has 1 amide bonds. The van der Waals surface area contributed by atoms with Crippen LogP contribution in [0.1, 0.15) is 23.8 Å². The average Bonchev–Trinajstić information content (AvgIpc) is 3.28. The first-order valence-electron chi connectivity index (χ1n) is 7.59. The number of thiophene rings is 1. The molecule has 3 aromatic rings. The number of hydrogen-bond donors (Lipinski definition) is 0. The van der Waals surface area contributed by atoms with E-state index in [2.05, 4.69) is 10.1 Å². The van der Waals surface area contributed by atoms with Gasteiger partial charge in [-0.1, -0.05) is 23.4 Å². The minimum Gasteiger partial charge on any atom is -0.339 e. The fourth-order valence-corrected chi connectivity index (χ4v) is 3.50. The summed E-state index contributed by atoms with van der Waals surface area (Å²) >= 11 is 1.54. The van der Waals surface area contributed by atoms with Gasteiger partial charge in [-0.15, -0.1) is 11.3 Å². The van der Waals surface area contributed by atoms with Gasteiger partial charge in [0.1, 0.15) is 5.82 Å². The van der Waals surface area contributed by atoms with Crippen LogP contribution in [0.15, 0.2) is 46.3 Å². The molecule has 4 rings (SSSR count). The maximum Gasteiger partial charge on any atom is 0.232 e. The van der Waals surface area contributed by atoms with Crippen molar-refractivity contribution in [2.75, 3.05) is 6.54 Å². The maximum atomic E-state index is 13.3. The molecule has 1 aliphatic heterocycles. The van der Waals surface area contributed by atoms with Crippen LogP contribution in [0.4, 0.5) is 4.39 Å². The summed E-state index contributed by atoms with van der Waals surface area (Å²) in [7, 11) is 0. The van der Waals surface area contributed by atoms with Crippen molar-refractivity contribution in [3.05, 3.63) is 59.0 Å². The lowest BCUT2D eigenvalue weighted by molar-refractivity contribution is -0.128. The van der Waals surface area contributed by atoms with E-state index in [1.165, 1.54) is 23.5 Å². The number of carbonyl (C=O) groups excluding carboxylic acids is 1. The van der Waals surface area contributed by atoms with Crippen LogP contribution in [0.5, 0.6) is 0 Å². The monoisotopic (exact) mass is 343 g/mol. The van der Waals surface area contributed by atoms with Crippen LogP contribution in [0.3, 0.4) is 0 Å². The Balaban J connectivity index is 1.48. The van der Waals surface area contributed by atoms with E-state index in [-0.39, 0.29) is 17.6 Å². The van der Waals surface area contributed by atoms with E-state index >= 15 is 0 Å². The number of rotatable bonds is 4. The van der Waals surface area contributed by atoms with Crippen molar-refractivity contribution in [2.45, 2.75) is 18.9 Å². The summed E-state index contributed by atoms with van der Waals surface area (Å²) in [6.45, 7) is 0.889. The van der Waals surface area contributed by atoms with Crippen LogP contribution in [0.2, 0.25) is 0 Å². The van der Waals surface area contributed by atoms with Crippen molar-refractivity contribution in [1.29, 1.82) is 0 Å². The Labute approximate surface area is 141 Å². The number of carbonyl (C=O) groups is 1. The Morgan fingerprint density at radius 2 is 2.25 bits per heavy atom. The van der Waals surface area contributed by atoms with Gasteiger partial charge >= 0.3 is 0 Å². The summed E-state index contributed by atoms with van der Waals surface area (Å²) in [5, 5.41) is 5.94. The molecule has 1 aromatic carbocycles. The third-order valence-electron chi connectivity index (χ3n) is 4.01. The molecule has 3 heterocycles. The fraction of sp³-hybridized carbons (Fsp3) is 0.235. The molecule has 0 aliphatic carbocycles.